The summed E-state index contributed by atoms with van der Waals surface area (Å²) in [6.45, 7) is 3.77. The van der Waals surface area contributed by atoms with Gasteiger partial charge in [0, 0.05) is 24.4 Å². The molecular weight excluding hydrogens is 188 g/mol. The fourth-order valence-electron chi connectivity index (χ4n) is 3.39. The fourth-order valence-corrected chi connectivity index (χ4v) is 3.39. The van der Waals surface area contributed by atoms with E-state index in [4.69, 9.17) is 5.73 Å². The first-order valence-electron chi connectivity index (χ1n) is 6.23. The number of carbonyl (C=O) groups is 1. The first kappa shape index (κ1) is 10.9. The molecule has 1 amide bonds. The number of amides is 1. The van der Waals surface area contributed by atoms with Crippen LogP contribution in [-0.2, 0) is 4.79 Å². The van der Waals surface area contributed by atoms with Gasteiger partial charge in [0.2, 0.25) is 5.91 Å². The van der Waals surface area contributed by atoms with Gasteiger partial charge in [0.15, 0.2) is 0 Å². The second-order valence-corrected chi connectivity index (χ2v) is 5.06. The summed E-state index contributed by atoms with van der Waals surface area (Å²) in [4.78, 5) is 14.0. The predicted molar refractivity (Wildman–Crippen MR) is 60.4 cm³/mol. The van der Waals surface area contributed by atoms with Crippen LogP contribution >= 0.6 is 0 Å². The molecule has 3 nitrogen and oxygen atoms in total. The molecule has 2 fully saturated rings. The van der Waals surface area contributed by atoms with Crippen molar-refractivity contribution in [3.05, 3.63) is 0 Å². The smallest absolute Gasteiger partial charge is 0.222 e. The van der Waals surface area contributed by atoms with Gasteiger partial charge in [0.25, 0.3) is 0 Å². The topological polar surface area (TPSA) is 46.3 Å². The summed E-state index contributed by atoms with van der Waals surface area (Å²) in [5.74, 6) is 0.347. The lowest BCUT2D eigenvalue weighted by molar-refractivity contribution is -0.132. The van der Waals surface area contributed by atoms with Gasteiger partial charge in [-0.3, -0.25) is 4.79 Å². The molecule has 0 bridgehead atoms. The lowest BCUT2D eigenvalue weighted by Gasteiger charge is -2.31. The van der Waals surface area contributed by atoms with E-state index >= 15 is 0 Å². The third-order valence-corrected chi connectivity index (χ3v) is 4.28. The van der Waals surface area contributed by atoms with Crippen molar-refractivity contribution in [2.75, 3.05) is 13.1 Å². The van der Waals surface area contributed by atoms with Crippen LogP contribution in [0.4, 0.5) is 0 Å². The molecular formula is C12H22N2O. The van der Waals surface area contributed by atoms with Gasteiger partial charge >= 0.3 is 0 Å². The highest BCUT2D eigenvalue weighted by Crippen LogP contribution is 2.48. The highest BCUT2D eigenvalue weighted by atomic mass is 16.2. The summed E-state index contributed by atoms with van der Waals surface area (Å²) < 4.78 is 0. The average Bonchev–Trinajstić information content (AvgIpc) is 2.75. The zero-order valence-electron chi connectivity index (χ0n) is 9.67. The molecule has 0 radical (unpaired) electrons. The third-order valence-electron chi connectivity index (χ3n) is 4.28. The zero-order valence-corrected chi connectivity index (χ0v) is 9.67. The average molecular weight is 210 g/mol. The molecule has 2 N–H and O–H groups in total. The SMILES string of the molecule is CCCC(=O)N1CC[C@]2(CN)CCC[C@H]12. The number of rotatable bonds is 3. The minimum atomic E-state index is 0.281. The second-order valence-electron chi connectivity index (χ2n) is 5.06. The number of nitrogens with two attached hydrogens (primary N) is 1. The summed E-state index contributed by atoms with van der Waals surface area (Å²) in [6.07, 6.45) is 6.44. The molecule has 86 valence electrons. The minimum absolute atomic E-state index is 0.281. The molecule has 2 aliphatic rings. The molecule has 1 aliphatic carbocycles. The first-order chi connectivity index (χ1) is 7.23. The Morgan fingerprint density at radius 2 is 2.33 bits per heavy atom. The van der Waals surface area contributed by atoms with Crippen LogP contribution in [-0.4, -0.2) is 29.9 Å². The van der Waals surface area contributed by atoms with E-state index in [1.807, 2.05) is 0 Å². The van der Waals surface area contributed by atoms with E-state index in [1.54, 1.807) is 0 Å². The van der Waals surface area contributed by atoms with E-state index in [2.05, 4.69) is 11.8 Å². The number of hydrogen-bond acceptors (Lipinski definition) is 2. The van der Waals surface area contributed by atoms with Crippen LogP contribution in [0.1, 0.15) is 45.4 Å². The summed E-state index contributed by atoms with van der Waals surface area (Å²) in [7, 11) is 0. The van der Waals surface area contributed by atoms with Gasteiger partial charge in [0.05, 0.1) is 0 Å². The molecule has 0 aromatic carbocycles. The van der Waals surface area contributed by atoms with Crippen molar-refractivity contribution in [3.63, 3.8) is 0 Å². The lowest BCUT2D eigenvalue weighted by Crippen LogP contribution is -2.42. The van der Waals surface area contributed by atoms with Crippen LogP contribution < -0.4 is 5.73 Å². The number of fused-ring (bicyclic) bond motifs is 1. The van der Waals surface area contributed by atoms with Crippen LogP contribution in [0, 0.1) is 5.41 Å². The van der Waals surface area contributed by atoms with Gasteiger partial charge in [-0.2, -0.15) is 0 Å². The first-order valence-corrected chi connectivity index (χ1v) is 6.23. The Morgan fingerprint density at radius 1 is 1.53 bits per heavy atom. The van der Waals surface area contributed by atoms with Crippen molar-refractivity contribution in [3.8, 4) is 0 Å². The van der Waals surface area contributed by atoms with Gasteiger partial charge in [-0.1, -0.05) is 13.3 Å². The summed E-state index contributed by atoms with van der Waals surface area (Å²) >= 11 is 0. The van der Waals surface area contributed by atoms with Crippen molar-refractivity contribution in [1.82, 2.24) is 4.90 Å². The van der Waals surface area contributed by atoms with Crippen LogP contribution in [0.15, 0.2) is 0 Å². The summed E-state index contributed by atoms with van der Waals surface area (Å²) in [6, 6.07) is 0.460. The van der Waals surface area contributed by atoms with Crippen LogP contribution in [0.2, 0.25) is 0 Å². The molecule has 2 rings (SSSR count). The van der Waals surface area contributed by atoms with Crippen LogP contribution in [0.5, 0.6) is 0 Å². The van der Waals surface area contributed by atoms with Crippen LogP contribution in [0.3, 0.4) is 0 Å². The van der Waals surface area contributed by atoms with E-state index < -0.39 is 0 Å². The molecule has 0 aromatic heterocycles. The fraction of sp³-hybridized carbons (Fsp3) is 0.917. The molecule has 0 aromatic rings. The predicted octanol–water partition coefficient (Wildman–Crippen LogP) is 1.52. The quantitative estimate of drug-likeness (QED) is 0.767. The van der Waals surface area contributed by atoms with Crippen LogP contribution in [0.25, 0.3) is 0 Å². The normalized spacial score (nSPS) is 34.5. The maximum absolute atomic E-state index is 11.9. The van der Waals surface area contributed by atoms with Crippen molar-refractivity contribution >= 4 is 5.91 Å². The van der Waals surface area contributed by atoms with Crippen molar-refractivity contribution in [2.24, 2.45) is 11.1 Å². The van der Waals surface area contributed by atoms with E-state index in [0.29, 0.717) is 18.4 Å². The van der Waals surface area contributed by atoms with E-state index in [9.17, 15) is 4.79 Å². The van der Waals surface area contributed by atoms with Gasteiger partial charge in [-0.25, -0.2) is 0 Å². The lowest BCUT2D eigenvalue weighted by atomic mass is 9.82. The maximum atomic E-state index is 11.9. The van der Waals surface area contributed by atoms with Gasteiger partial charge in [-0.15, -0.1) is 0 Å². The number of nitrogens with zero attached hydrogens (tertiary/aromatic N) is 1. The largest absolute Gasteiger partial charge is 0.339 e. The second kappa shape index (κ2) is 4.12. The molecule has 1 aliphatic heterocycles. The molecule has 1 saturated carbocycles. The highest BCUT2D eigenvalue weighted by Gasteiger charge is 2.50. The van der Waals surface area contributed by atoms with Gasteiger partial charge in [-0.05, 0) is 32.2 Å². The molecule has 0 unspecified atom stereocenters. The minimum Gasteiger partial charge on any atom is -0.339 e. The zero-order chi connectivity index (χ0) is 10.9. The van der Waals surface area contributed by atoms with Crippen molar-refractivity contribution in [1.29, 1.82) is 0 Å². The molecule has 1 saturated heterocycles. The number of likely N-dealkylation sites (tertiary alicyclic amines) is 1. The Hall–Kier alpha value is -0.570. The molecule has 15 heavy (non-hydrogen) atoms. The van der Waals surface area contributed by atoms with Crippen molar-refractivity contribution < 1.29 is 4.79 Å². The Balaban J connectivity index is 2.08. The van der Waals surface area contributed by atoms with Crippen molar-refractivity contribution in [2.45, 2.75) is 51.5 Å². The number of carbonyl (C=O) groups excluding carboxylic acids is 1. The molecule has 1 heterocycles. The molecule has 0 spiro atoms. The Morgan fingerprint density at radius 3 is 3.00 bits per heavy atom. The third kappa shape index (κ3) is 1.67. The van der Waals surface area contributed by atoms with E-state index in [0.717, 1.165) is 25.9 Å². The summed E-state index contributed by atoms with van der Waals surface area (Å²) in [5.41, 5.74) is 6.19. The van der Waals surface area contributed by atoms with Gasteiger partial charge in [0.1, 0.15) is 0 Å². The Bertz CT molecular complexity index is 254. The van der Waals surface area contributed by atoms with Gasteiger partial charge < -0.3 is 10.6 Å². The molecule has 3 heteroatoms. The standard InChI is InChI=1S/C12H22N2O/c1-2-4-11(15)14-8-7-12(9-13)6-3-5-10(12)14/h10H,2-9,13H2,1H3/t10-,12-/m0/s1. The van der Waals surface area contributed by atoms with E-state index in [-0.39, 0.29) is 5.41 Å². The number of hydrogen-bond donors (Lipinski definition) is 1. The summed E-state index contributed by atoms with van der Waals surface area (Å²) in [5, 5.41) is 0. The monoisotopic (exact) mass is 210 g/mol. The Kier molecular flexibility index (Phi) is 3.01. The van der Waals surface area contributed by atoms with E-state index in [1.165, 1.54) is 19.3 Å². The Labute approximate surface area is 92.0 Å². The maximum Gasteiger partial charge on any atom is 0.222 e. The molecule has 2 atom stereocenters. The highest BCUT2D eigenvalue weighted by molar-refractivity contribution is 5.77.